The van der Waals surface area contributed by atoms with Gasteiger partial charge in [0.2, 0.25) is 0 Å². The Hall–Kier alpha value is -3.45. The molecule has 2 aromatic carbocycles. The summed E-state index contributed by atoms with van der Waals surface area (Å²) >= 11 is 0. The summed E-state index contributed by atoms with van der Waals surface area (Å²) in [6, 6.07) is 15.1. The van der Waals surface area contributed by atoms with Crippen LogP contribution in [0.4, 0.5) is 5.69 Å². The van der Waals surface area contributed by atoms with Gasteiger partial charge in [-0.3, -0.25) is 9.79 Å². The van der Waals surface area contributed by atoms with Crippen LogP contribution in [0.1, 0.15) is 11.1 Å². The molecule has 24 heavy (non-hydrogen) atoms. The maximum atomic E-state index is 12.2. The van der Waals surface area contributed by atoms with Gasteiger partial charge in [-0.25, -0.2) is 0 Å². The van der Waals surface area contributed by atoms with Crippen molar-refractivity contribution in [1.29, 1.82) is 5.26 Å². The zero-order chi connectivity index (χ0) is 17.5. The molecule has 1 amide bonds. The van der Waals surface area contributed by atoms with Gasteiger partial charge in [0, 0.05) is 11.9 Å². The zero-order valence-corrected chi connectivity index (χ0v) is 13.4. The highest BCUT2D eigenvalue weighted by Crippen LogP contribution is 2.29. The lowest BCUT2D eigenvalue weighted by atomic mass is 9.98. The Morgan fingerprint density at radius 2 is 1.96 bits per heavy atom. The average Bonchev–Trinajstić information content (AvgIpc) is 2.61. The molecule has 0 unspecified atom stereocenters. The zero-order valence-electron chi connectivity index (χ0n) is 13.4. The van der Waals surface area contributed by atoms with Gasteiger partial charge in [0.25, 0.3) is 5.91 Å². The number of hydrogen-bond donors (Lipinski definition) is 1. The third kappa shape index (κ3) is 3.65. The molecule has 0 fully saturated rings. The molecule has 0 heterocycles. The molecule has 118 valence electrons. The number of amides is 1. The predicted molar refractivity (Wildman–Crippen MR) is 97.8 cm³/mol. The van der Waals surface area contributed by atoms with Gasteiger partial charge in [-0.2, -0.15) is 5.26 Å². The van der Waals surface area contributed by atoms with Gasteiger partial charge in [-0.1, -0.05) is 36.9 Å². The number of carbonyl (C=O) groups excluding carboxylic acids is 1. The molecule has 0 spiro atoms. The van der Waals surface area contributed by atoms with Crippen molar-refractivity contribution < 1.29 is 4.79 Å². The van der Waals surface area contributed by atoms with E-state index in [9.17, 15) is 4.79 Å². The van der Waals surface area contributed by atoms with Crippen molar-refractivity contribution in [2.75, 3.05) is 5.32 Å². The molecule has 4 heteroatoms. The summed E-state index contributed by atoms with van der Waals surface area (Å²) in [6.45, 7) is 8.89. The third-order valence-electron chi connectivity index (χ3n) is 3.62. The minimum absolute atomic E-state index is 0.294. The summed E-state index contributed by atoms with van der Waals surface area (Å²) in [5, 5.41) is 11.8. The van der Waals surface area contributed by atoms with E-state index in [4.69, 9.17) is 5.26 Å². The Balaban J connectivity index is 2.35. The monoisotopic (exact) mass is 315 g/mol. The first-order valence-electron chi connectivity index (χ1n) is 7.30. The van der Waals surface area contributed by atoms with E-state index in [-0.39, 0.29) is 5.91 Å². The van der Waals surface area contributed by atoms with E-state index >= 15 is 0 Å². The van der Waals surface area contributed by atoms with E-state index in [1.165, 1.54) is 12.3 Å². The van der Waals surface area contributed by atoms with E-state index < -0.39 is 0 Å². The molecule has 0 aliphatic carbocycles. The maximum absolute atomic E-state index is 12.2. The predicted octanol–water partition coefficient (Wildman–Crippen LogP) is 4.24. The Morgan fingerprint density at radius 3 is 2.54 bits per heavy atom. The highest BCUT2D eigenvalue weighted by molar-refractivity contribution is 6.06. The van der Waals surface area contributed by atoms with E-state index in [2.05, 4.69) is 29.7 Å². The number of nitriles is 1. The molecule has 0 bridgehead atoms. The molecule has 0 atom stereocenters. The molecule has 4 nitrogen and oxygen atoms in total. The molecule has 1 N–H and O–H groups in total. The van der Waals surface area contributed by atoms with Gasteiger partial charge in [0.1, 0.15) is 0 Å². The van der Waals surface area contributed by atoms with Crippen molar-refractivity contribution >= 4 is 18.3 Å². The van der Waals surface area contributed by atoms with Crippen molar-refractivity contribution in [2.24, 2.45) is 4.99 Å². The summed E-state index contributed by atoms with van der Waals surface area (Å²) in [6.07, 6.45) is 2.80. The van der Waals surface area contributed by atoms with E-state index in [0.29, 0.717) is 16.8 Å². The number of nitrogens with zero attached hydrogens (tertiary/aromatic N) is 2. The normalized spacial score (nSPS) is 10.6. The molecule has 2 aromatic rings. The van der Waals surface area contributed by atoms with Gasteiger partial charge >= 0.3 is 0 Å². The molecule has 2 rings (SSSR count). The van der Waals surface area contributed by atoms with Crippen molar-refractivity contribution in [3.05, 3.63) is 78.0 Å². The first-order valence-corrected chi connectivity index (χ1v) is 7.30. The van der Waals surface area contributed by atoms with Crippen LogP contribution in [0.25, 0.3) is 11.1 Å². The topological polar surface area (TPSA) is 65.2 Å². The molecule has 0 aliphatic heterocycles. The van der Waals surface area contributed by atoms with Crippen LogP contribution in [-0.2, 0) is 4.79 Å². The smallest absolute Gasteiger partial charge is 0.257 e. The maximum Gasteiger partial charge on any atom is 0.257 e. The van der Waals surface area contributed by atoms with Crippen LogP contribution < -0.4 is 5.32 Å². The summed E-state index contributed by atoms with van der Waals surface area (Å²) in [5.74, 6) is -0.294. The van der Waals surface area contributed by atoms with E-state index in [0.717, 1.165) is 16.7 Å². The number of aliphatic imine (C=N–C) groups is 1. The largest absolute Gasteiger partial charge is 0.322 e. The highest BCUT2D eigenvalue weighted by Gasteiger charge is 2.11. The fourth-order valence-electron chi connectivity index (χ4n) is 2.30. The summed E-state index contributed by atoms with van der Waals surface area (Å²) in [5.41, 5.74) is 4.56. The number of carbonyl (C=O) groups is 1. The Bertz CT molecular complexity index is 855. The number of nitrogens with one attached hydrogen (secondary N) is 1. The lowest BCUT2D eigenvalue weighted by Gasteiger charge is -2.13. The van der Waals surface area contributed by atoms with Crippen molar-refractivity contribution in [3.8, 4) is 17.2 Å². The minimum atomic E-state index is -0.294. The fourth-order valence-corrected chi connectivity index (χ4v) is 2.30. The highest BCUT2D eigenvalue weighted by atomic mass is 16.1. The Labute approximate surface area is 141 Å². The molecule has 0 aliphatic rings. The van der Waals surface area contributed by atoms with Crippen molar-refractivity contribution in [2.45, 2.75) is 6.92 Å². The van der Waals surface area contributed by atoms with Crippen LogP contribution in [-0.4, -0.2) is 12.6 Å². The van der Waals surface area contributed by atoms with Crippen LogP contribution in [0, 0.1) is 18.3 Å². The van der Waals surface area contributed by atoms with Crippen LogP contribution in [0.2, 0.25) is 0 Å². The fraction of sp³-hybridized carbons (Fsp3) is 0.0500. The second-order valence-electron chi connectivity index (χ2n) is 5.09. The molecular formula is C20H17N3O. The van der Waals surface area contributed by atoms with Crippen LogP contribution in [0.15, 0.2) is 71.9 Å². The first-order chi connectivity index (χ1) is 11.6. The molecule has 0 aromatic heterocycles. The quantitative estimate of drug-likeness (QED) is 0.509. The summed E-state index contributed by atoms with van der Waals surface area (Å²) < 4.78 is 0. The number of hydrogen-bond acceptors (Lipinski definition) is 3. The first kappa shape index (κ1) is 16.9. The Kier molecular flexibility index (Phi) is 5.43. The standard InChI is InChI=1S/C20H17N3O/c1-4-16(13-22-3)20(24)23-19-7-5-6-18(14(19)2)17-10-8-15(12-21)9-11-17/h4-11,13H,1,3H2,2H3,(H,23,24). The summed E-state index contributed by atoms with van der Waals surface area (Å²) in [4.78, 5) is 15.8. The van der Waals surface area contributed by atoms with Gasteiger partial charge in [-0.15, -0.1) is 0 Å². The number of anilines is 1. The van der Waals surface area contributed by atoms with Crippen LogP contribution in [0.3, 0.4) is 0 Å². The van der Waals surface area contributed by atoms with Gasteiger partial charge in [-0.05, 0) is 48.5 Å². The minimum Gasteiger partial charge on any atom is -0.322 e. The molecule has 0 saturated carbocycles. The third-order valence-corrected chi connectivity index (χ3v) is 3.62. The summed E-state index contributed by atoms with van der Waals surface area (Å²) in [7, 11) is 0. The second kappa shape index (κ2) is 7.70. The SMILES string of the molecule is C=CC(=CN=C)C(=O)Nc1cccc(-c2ccc(C#N)cc2)c1C. The number of rotatable bonds is 5. The van der Waals surface area contributed by atoms with Crippen molar-refractivity contribution in [3.63, 3.8) is 0 Å². The Morgan fingerprint density at radius 1 is 1.25 bits per heavy atom. The van der Waals surface area contributed by atoms with Gasteiger partial charge in [0.05, 0.1) is 17.2 Å². The van der Waals surface area contributed by atoms with E-state index in [1.807, 2.05) is 37.3 Å². The van der Waals surface area contributed by atoms with Crippen molar-refractivity contribution in [1.82, 2.24) is 0 Å². The lowest BCUT2D eigenvalue weighted by Crippen LogP contribution is -2.14. The second-order valence-corrected chi connectivity index (χ2v) is 5.09. The molecule has 0 radical (unpaired) electrons. The van der Waals surface area contributed by atoms with Crippen LogP contribution >= 0.6 is 0 Å². The lowest BCUT2D eigenvalue weighted by molar-refractivity contribution is -0.112. The average molecular weight is 315 g/mol. The molecular weight excluding hydrogens is 298 g/mol. The molecule has 0 saturated heterocycles. The van der Waals surface area contributed by atoms with Gasteiger partial charge < -0.3 is 5.32 Å². The van der Waals surface area contributed by atoms with Gasteiger partial charge in [0.15, 0.2) is 0 Å². The van der Waals surface area contributed by atoms with E-state index in [1.54, 1.807) is 12.1 Å². The van der Waals surface area contributed by atoms with Crippen LogP contribution in [0.5, 0.6) is 0 Å². The number of benzene rings is 2.